The van der Waals surface area contributed by atoms with E-state index in [0.717, 1.165) is 16.8 Å². The number of hydrogen-bond donors (Lipinski definition) is 1. The third-order valence-corrected chi connectivity index (χ3v) is 9.83. The maximum Gasteiger partial charge on any atom is 2.00 e. The van der Waals surface area contributed by atoms with Gasteiger partial charge in [0, 0.05) is 11.8 Å². The molecular weight excluding hydrogens is 624 g/mol. The van der Waals surface area contributed by atoms with Crippen LogP contribution in [0.5, 0.6) is 5.75 Å². The van der Waals surface area contributed by atoms with Gasteiger partial charge in [0.25, 0.3) is 0 Å². The predicted octanol–water partition coefficient (Wildman–Crippen LogP) is 9.50. The molecule has 0 heterocycles. The maximum absolute atomic E-state index is 9.79. The minimum atomic E-state index is -0.877. The number of phenols is 1. The quantitative estimate of drug-likeness (QED) is 0.0784. The summed E-state index contributed by atoms with van der Waals surface area (Å²) < 4.78 is 0. The van der Waals surface area contributed by atoms with E-state index in [2.05, 4.69) is 141 Å². The normalized spacial score (nSPS) is 10.3. The molecule has 0 spiro atoms. The van der Waals surface area contributed by atoms with Crippen LogP contribution in [-0.2, 0) is 16.5 Å². The van der Waals surface area contributed by atoms with Crippen LogP contribution in [0.15, 0.2) is 169 Å². The first-order valence-electron chi connectivity index (χ1n) is 15.3. The summed E-state index contributed by atoms with van der Waals surface area (Å²) in [5.74, 6) is 0.659. The van der Waals surface area contributed by atoms with Gasteiger partial charge in [-0.05, 0) is 60.1 Å². The molecule has 0 saturated heterocycles. The minimum Gasteiger partial charge on any atom is -0.507 e. The van der Waals surface area contributed by atoms with E-state index in [1.165, 1.54) is 21.5 Å². The Balaban J connectivity index is 0.000000208. The molecule has 0 aliphatic carbocycles. The van der Waals surface area contributed by atoms with Gasteiger partial charge in [-0.1, -0.05) is 99.1 Å². The monoisotopic (exact) mass is 664 g/mol. The van der Waals surface area contributed by atoms with Crippen molar-refractivity contribution >= 4 is 35.7 Å². The predicted molar refractivity (Wildman–Crippen MR) is 197 cm³/mol. The van der Waals surface area contributed by atoms with E-state index < -0.39 is 7.92 Å². The van der Waals surface area contributed by atoms with Gasteiger partial charge < -0.3 is 10.1 Å². The van der Waals surface area contributed by atoms with Crippen LogP contribution in [0.2, 0.25) is 0 Å². The Kier molecular flexibility index (Phi) is 15.6. The van der Waals surface area contributed by atoms with E-state index >= 15 is 0 Å². The fourth-order valence-corrected chi connectivity index (χ4v) is 7.39. The van der Waals surface area contributed by atoms with Crippen molar-refractivity contribution in [3.05, 3.63) is 193 Å². The molecule has 1 N–H and O–H groups in total. The number of rotatable bonds is 7. The van der Waals surface area contributed by atoms with Crippen LogP contribution in [0.1, 0.15) is 43.4 Å². The van der Waals surface area contributed by atoms with Gasteiger partial charge in [-0.3, -0.25) is 0 Å². The van der Waals surface area contributed by atoms with Crippen LogP contribution < -0.4 is 15.9 Å². The largest absolute Gasteiger partial charge is 2.00 e. The summed E-state index contributed by atoms with van der Waals surface area (Å²) in [6.45, 7) is 6.33. The molecular formula is C42H41NNiOP+. The molecule has 0 amide bonds. The van der Waals surface area contributed by atoms with Gasteiger partial charge in [0.05, 0.1) is 7.92 Å². The second-order valence-corrected chi connectivity index (χ2v) is 13.1. The molecule has 0 saturated carbocycles. The number of benzene rings is 6. The molecule has 234 valence electrons. The average Bonchev–Trinajstić information content (AvgIpc) is 3.10. The average molecular weight is 665 g/mol. The molecule has 2 nitrogen and oxygen atoms in total. The Hall–Kier alpha value is -4.42. The van der Waals surface area contributed by atoms with E-state index in [9.17, 15) is 5.11 Å². The molecule has 6 rings (SSSR count). The summed E-state index contributed by atoms with van der Waals surface area (Å²) in [5.41, 5.74) is 4.04. The van der Waals surface area contributed by atoms with Crippen molar-refractivity contribution in [3.63, 3.8) is 0 Å². The third-order valence-electron chi connectivity index (χ3n) is 7.10. The van der Waals surface area contributed by atoms with E-state index in [-0.39, 0.29) is 22.2 Å². The van der Waals surface area contributed by atoms with Gasteiger partial charge in [-0.25, -0.2) is 0 Å². The van der Waals surface area contributed by atoms with Gasteiger partial charge in [0.15, 0.2) is 0 Å². The van der Waals surface area contributed by atoms with Crippen LogP contribution in [0.3, 0.4) is 0 Å². The van der Waals surface area contributed by atoms with Crippen molar-refractivity contribution in [2.75, 3.05) is 0 Å². The molecule has 46 heavy (non-hydrogen) atoms. The van der Waals surface area contributed by atoms with Crippen molar-refractivity contribution < 1.29 is 21.6 Å². The number of para-hydroxylation sites is 2. The SMILES string of the molecule is C[CH-]c1cccc(C(C)C)c1N=Cc1ccccc1O.[Ni+2].[c-]1ccccc1.c1ccc([PH+](c2ccccc2)c2ccccc2)cc1. The number of aromatic hydroxyl groups is 1. The van der Waals surface area contributed by atoms with Crippen molar-refractivity contribution in [1.29, 1.82) is 0 Å². The van der Waals surface area contributed by atoms with Crippen LogP contribution >= 0.6 is 7.92 Å². The van der Waals surface area contributed by atoms with E-state index in [1.807, 2.05) is 49.4 Å². The van der Waals surface area contributed by atoms with Gasteiger partial charge in [-0.2, -0.15) is 54.4 Å². The zero-order chi connectivity index (χ0) is 31.7. The Bertz CT molecular complexity index is 1590. The van der Waals surface area contributed by atoms with Crippen LogP contribution in [0.25, 0.3) is 0 Å². The molecule has 0 aliphatic rings. The molecule has 6 aromatic carbocycles. The molecule has 0 aromatic heterocycles. The smallest absolute Gasteiger partial charge is 0.507 e. The molecule has 4 heteroatoms. The first-order chi connectivity index (χ1) is 22.1. The summed E-state index contributed by atoms with van der Waals surface area (Å²) in [5, 5.41) is 14.1. The summed E-state index contributed by atoms with van der Waals surface area (Å²) in [7, 11) is -0.877. The first-order valence-corrected chi connectivity index (χ1v) is 16.8. The van der Waals surface area contributed by atoms with Gasteiger partial charge in [-0.15, -0.1) is 6.07 Å². The van der Waals surface area contributed by atoms with E-state index in [1.54, 1.807) is 18.3 Å². The molecule has 0 bridgehead atoms. The Labute approximate surface area is 286 Å². The second kappa shape index (κ2) is 19.9. The molecule has 6 aromatic rings. The maximum atomic E-state index is 9.79. The van der Waals surface area contributed by atoms with E-state index in [0.29, 0.717) is 5.92 Å². The molecule has 0 atom stereocenters. The second-order valence-electron chi connectivity index (χ2n) is 10.6. The van der Waals surface area contributed by atoms with Gasteiger partial charge in [0.2, 0.25) is 0 Å². The molecule has 0 radical (unpaired) electrons. The Morgan fingerprint density at radius 3 is 1.52 bits per heavy atom. The third kappa shape index (κ3) is 10.9. The van der Waals surface area contributed by atoms with Crippen LogP contribution in [0.4, 0.5) is 5.69 Å². The standard InChI is InChI=1S/C18H20NO.C18H15P.C6H5.Ni/c1-4-14-9-7-10-16(13(2)3)18(14)19-12-15-8-5-6-11-17(15)20;1-4-10-16(11-5-1)19(17-12-6-2-7-13-17)18-14-8-3-9-15-18;1-2-4-6-5-3-1;/h4-13,20H,1-3H3;1-15H;1-5H;/q-1;;-1;+2/p+1. The molecule has 0 fully saturated rings. The van der Waals surface area contributed by atoms with Gasteiger partial charge in [0.1, 0.15) is 21.7 Å². The van der Waals surface area contributed by atoms with E-state index in [4.69, 9.17) is 0 Å². The number of nitrogens with zero attached hydrogens (tertiary/aromatic N) is 1. The number of hydrogen-bond acceptors (Lipinski definition) is 2. The number of aliphatic imine (C=N–C) groups is 1. The zero-order valence-corrected chi connectivity index (χ0v) is 28.5. The fourth-order valence-electron chi connectivity index (χ4n) is 4.82. The summed E-state index contributed by atoms with van der Waals surface area (Å²) in [4.78, 5) is 4.61. The van der Waals surface area contributed by atoms with Crippen molar-refractivity contribution in [1.82, 2.24) is 0 Å². The topological polar surface area (TPSA) is 32.6 Å². The van der Waals surface area contributed by atoms with Crippen molar-refractivity contribution in [2.45, 2.75) is 26.7 Å². The summed E-state index contributed by atoms with van der Waals surface area (Å²) in [6, 6.07) is 58.4. The Morgan fingerprint density at radius 1 is 0.630 bits per heavy atom. The first kappa shape index (κ1) is 36.1. The molecule has 0 aliphatic heterocycles. The van der Waals surface area contributed by atoms with Crippen molar-refractivity contribution in [2.24, 2.45) is 4.99 Å². The van der Waals surface area contributed by atoms with Crippen LogP contribution in [0, 0.1) is 12.5 Å². The summed E-state index contributed by atoms with van der Waals surface area (Å²) in [6.07, 6.45) is 3.78. The summed E-state index contributed by atoms with van der Waals surface area (Å²) >= 11 is 0. The van der Waals surface area contributed by atoms with Gasteiger partial charge >= 0.3 is 16.5 Å². The van der Waals surface area contributed by atoms with Crippen LogP contribution in [-0.4, -0.2) is 11.3 Å². The fraction of sp³-hybridized carbons (Fsp3) is 0.0952. The zero-order valence-electron chi connectivity index (χ0n) is 26.5. The molecule has 0 unspecified atom stereocenters. The Morgan fingerprint density at radius 2 is 1.11 bits per heavy atom. The van der Waals surface area contributed by atoms with Crippen molar-refractivity contribution in [3.8, 4) is 5.75 Å². The minimum absolute atomic E-state index is 0. The number of phenolic OH excluding ortho intramolecular Hbond substituents is 1.